The highest BCUT2D eigenvalue weighted by Crippen LogP contribution is 2.24. The van der Waals surface area contributed by atoms with Crippen LogP contribution in [0.4, 0.5) is 5.69 Å². The smallest absolute Gasteiger partial charge is 0.253 e. The summed E-state index contributed by atoms with van der Waals surface area (Å²) in [7, 11) is 0. The van der Waals surface area contributed by atoms with E-state index in [-0.39, 0.29) is 12.0 Å². The van der Waals surface area contributed by atoms with Crippen molar-refractivity contribution in [2.45, 2.75) is 25.9 Å². The Hall–Kier alpha value is -1.55. The molecule has 1 heterocycles. The third kappa shape index (κ3) is 2.97. The Balaban J connectivity index is 2.04. The number of ether oxygens (including phenoxy) is 2. The van der Waals surface area contributed by atoms with Gasteiger partial charge in [-0.3, -0.25) is 4.79 Å². The Bertz CT molecular complexity index is 386. The lowest BCUT2D eigenvalue weighted by atomic mass is 10.2. The molecule has 0 aliphatic carbocycles. The largest absolute Gasteiger partial charge is 0.492 e. The number of rotatable bonds is 4. The number of hydrogen-bond donors (Lipinski definition) is 1. The van der Waals surface area contributed by atoms with E-state index < -0.39 is 0 Å². The molecule has 4 heteroatoms. The summed E-state index contributed by atoms with van der Waals surface area (Å²) < 4.78 is 10.8. The molecular weight excluding hydrogens is 218 g/mol. The molecule has 0 saturated carbocycles. The molecule has 1 amide bonds. The topological polar surface area (TPSA) is 47.6 Å². The number of amides is 1. The molecule has 1 aromatic carbocycles. The van der Waals surface area contributed by atoms with E-state index in [0.29, 0.717) is 24.7 Å². The van der Waals surface area contributed by atoms with Crippen molar-refractivity contribution in [3.8, 4) is 5.75 Å². The van der Waals surface area contributed by atoms with Crippen LogP contribution < -0.4 is 10.1 Å². The quantitative estimate of drug-likeness (QED) is 0.870. The molecule has 0 spiro atoms. The number of anilines is 1. The van der Waals surface area contributed by atoms with Crippen LogP contribution in [0.3, 0.4) is 0 Å². The van der Waals surface area contributed by atoms with E-state index in [1.165, 1.54) is 0 Å². The van der Waals surface area contributed by atoms with Crippen LogP contribution in [0, 0.1) is 0 Å². The number of carbonyl (C=O) groups excluding carboxylic acids is 1. The minimum absolute atomic E-state index is 0.0883. The molecule has 0 bridgehead atoms. The van der Waals surface area contributed by atoms with Crippen LogP contribution in [0.25, 0.3) is 0 Å². The van der Waals surface area contributed by atoms with Crippen LogP contribution in [-0.4, -0.2) is 25.2 Å². The summed E-state index contributed by atoms with van der Waals surface area (Å²) in [4.78, 5) is 11.9. The van der Waals surface area contributed by atoms with Crippen molar-refractivity contribution in [3.63, 3.8) is 0 Å². The highest BCUT2D eigenvalue weighted by atomic mass is 16.5. The Labute approximate surface area is 101 Å². The van der Waals surface area contributed by atoms with Crippen molar-refractivity contribution in [1.82, 2.24) is 0 Å². The number of hydrogen-bond acceptors (Lipinski definition) is 3. The molecule has 4 nitrogen and oxygen atoms in total. The van der Waals surface area contributed by atoms with E-state index in [9.17, 15) is 4.79 Å². The average Bonchev–Trinajstić information content (AvgIpc) is 2.85. The van der Waals surface area contributed by atoms with Gasteiger partial charge >= 0.3 is 0 Å². The number of carbonyl (C=O) groups is 1. The lowest BCUT2D eigenvalue weighted by molar-refractivity contribution is -0.124. The molecule has 0 radical (unpaired) electrons. The third-order valence-corrected chi connectivity index (χ3v) is 2.67. The lowest BCUT2D eigenvalue weighted by Crippen LogP contribution is -2.27. The molecule has 1 saturated heterocycles. The molecule has 1 N–H and O–H groups in total. The van der Waals surface area contributed by atoms with Crippen LogP contribution in [0.2, 0.25) is 0 Å². The fraction of sp³-hybridized carbons (Fsp3) is 0.462. The number of para-hydroxylation sites is 2. The van der Waals surface area contributed by atoms with Crippen LogP contribution in [0.1, 0.15) is 19.8 Å². The fourth-order valence-electron chi connectivity index (χ4n) is 1.85. The molecular formula is C13H17NO3. The summed E-state index contributed by atoms with van der Waals surface area (Å²) in [6.07, 6.45) is 1.43. The summed E-state index contributed by atoms with van der Waals surface area (Å²) >= 11 is 0. The maximum absolute atomic E-state index is 11.9. The molecule has 1 aromatic rings. The zero-order chi connectivity index (χ0) is 12.1. The third-order valence-electron chi connectivity index (χ3n) is 2.67. The highest BCUT2D eigenvalue weighted by Gasteiger charge is 2.24. The van der Waals surface area contributed by atoms with Gasteiger partial charge in [0.25, 0.3) is 5.91 Å². The second-order valence-electron chi connectivity index (χ2n) is 3.92. The number of nitrogens with one attached hydrogen (secondary N) is 1. The lowest BCUT2D eigenvalue weighted by Gasteiger charge is -2.13. The van der Waals surface area contributed by atoms with Gasteiger partial charge in [0, 0.05) is 6.61 Å². The van der Waals surface area contributed by atoms with Crippen molar-refractivity contribution in [3.05, 3.63) is 24.3 Å². The Morgan fingerprint density at radius 1 is 1.53 bits per heavy atom. The zero-order valence-corrected chi connectivity index (χ0v) is 9.94. The van der Waals surface area contributed by atoms with Crippen LogP contribution in [-0.2, 0) is 9.53 Å². The van der Waals surface area contributed by atoms with Crippen molar-refractivity contribution in [2.24, 2.45) is 0 Å². The first-order valence-electron chi connectivity index (χ1n) is 5.95. The Morgan fingerprint density at radius 2 is 2.35 bits per heavy atom. The SMILES string of the molecule is CCOc1ccccc1NC(=O)[C@@H]1CCCO1. The van der Waals surface area contributed by atoms with E-state index in [0.717, 1.165) is 12.8 Å². The van der Waals surface area contributed by atoms with Gasteiger partial charge in [-0.05, 0) is 31.9 Å². The van der Waals surface area contributed by atoms with Gasteiger partial charge < -0.3 is 14.8 Å². The van der Waals surface area contributed by atoms with Crippen LogP contribution in [0.5, 0.6) is 5.75 Å². The first kappa shape index (κ1) is 11.9. The van der Waals surface area contributed by atoms with Gasteiger partial charge in [-0.15, -0.1) is 0 Å². The van der Waals surface area contributed by atoms with Gasteiger partial charge in [0.05, 0.1) is 12.3 Å². The molecule has 1 atom stereocenters. The first-order valence-corrected chi connectivity index (χ1v) is 5.95. The van der Waals surface area contributed by atoms with Crippen LogP contribution in [0.15, 0.2) is 24.3 Å². The Morgan fingerprint density at radius 3 is 3.06 bits per heavy atom. The molecule has 17 heavy (non-hydrogen) atoms. The van der Waals surface area contributed by atoms with E-state index in [1.54, 1.807) is 0 Å². The van der Waals surface area contributed by atoms with Gasteiger partial charge in [-0.2, -0.15) is 0 Å². The van der Waals surface area contributed by atoms with E-state index in [1.807, 2.05) is 31.2 Å². The monoisotopic (exact) mass is 235 g/mol. The molecule has 1 aliphatic heterocycles. The average molecular weight is 235 g/mol. The molecule has 1 fully saturated rings. The maximum atomic E-state index is 11.9. The summed E-state index contributed by atoms with van der Waals surface area (Å²) in [6.45, 7) is 3.16. The predicted octanol–water partition coefficient (Wildman–Crippen LogP) is 2.20. The van der Waals surface area contributed by atoms with Gasteiger partial charge in [0.1, 0.15) is 11.9 Å². The number of benzene rings is 1. The molecule has 1 aliphatic rings. The molecule has 0 unspecified atom stereocenters. The van der Waals surface area contributed by atoms with E-state index in [4.69, 9.17) is 9.47 Å². The first-order chi connectivity index (χ1) is 8.31. The van der Waals surface area contributed by atoms with Gasteiger partial charge in [-0.1, -0.05) is 12.1 Å². The molecule has 92 valence electrons. The van der Waals surface area contributed by atoms with Gasteiger partial charge in [0.15, 0.2) is 0 Å². The van der Waals surface area contributed by atoms with Crippen LogP contribution >= 0.6 is 0 Å². The normalized spacial score (nSPS) is 19.0. The van der Waals surface area contributed by atoms with Crippen molar-refractivity contribution >= 4 is 11.6 Å². The standard InChI is InChI=1S/C13H17NO3/c1-2-16-11-7-4-3-6-10(11)14-13(15)12-8-5-9-17-12/h3-4,6-7,12H,2,5,8-9H2,1H3,(H,14,15)/t12-/m0/s1. The van der Waals surface area contributed by atoms with Crippen molar-refractivity contribution in [1.29, 1.82) is 0 Å². The minimum atomic E-state index is -0.315. The second kappa shape index (κ2) is 5.68. The second-order valence-corrected chi connectivity index (χ2v) is 3.92. The molecule has 0 aromatic heterocycles. The summed E-state index contributed by atoms with van der Waals surface area (Å²) in [5, 5.41) is 2.85. The Kier molecular flexibility index (Phi) is 3.98. The summed E-state index contributed by atoms with van der Waals surface area (Å²) in [5.41, 5.74) is 0.704. The molecule has 2 rings (SSSR count). The highest BCUT2D eigenvalue weighted by molar-refractivity contribution is 5.95. The maximum Gasteiger partial charge on any atom is 0.253 e. The predicted molar refractivity (Wildman–Crippen MR) is 65.2 cm³/mol. The minimum Gasteiger partial charge on any atom is -0.492 e. The van der Waals surface area contributed by atoms with E-state index in [2.05, 4.69) is 5.32 Å². The summed E-state index contributed by atoms with van der Waals surface area (Å²) in [6, 6.07) is 7.42. The van der Waals surface area contributed by atoms with E-state index >= 15 is 0 Å². The van der Waals surface area contributed by atoms with Gasteiger partial charge in [0.2, 0.25) is 0 Å². The fourth-order valence-corrected chi connectivity index (χ4v) is 1.85. The van der Waals surface area contributed by atoms with Crippen molar-refractivity contribution < 1.29 is 14.3 Å². The van der Waals surface area contributed by atoms with Crippen molar-refractivity contribution in [2.75, 3.05) is 18.5 Å². The zero-order valence-electron chi connectivity index (χ0n) is 9.94. The van der Waals surface area contributed by atoms with Gasteiger partial charge in [-0.25, -0.2) is 0 Å². The summed E-state index contributed by atoms with van der Waals surface area (Å²) in [5.74, 6) is 0.607.